The second kappa shape index (κ2) is 5.60. The molecule has 1 aliphatic heterocycles. The van der Waals surface area contributed by atoms with E-state index in [1.165, 1.54) is 12.1 Å². The van der Waals surface area contributed by atoms with Crippen LogP contribution in [0.4, 0.5) is 8.78 Å². The van der Waals surface area contributed by atoms with Crippen LogP contribution >= 0.6 is 0 Å². The number of hydrogen-bond donors (Lipinski definition) is 1. The smallest absolute Gasteiger partial charge is 0.387 e. The molecule has 4 nitrogen and oxygen atoms in total. The molecule has 2 aliphatic rings. The predicted octanol–water partition coefficient (Wildman–Crippen LogP) is 2.66. The molecule has 21 heavy (non-hydrogen) atoms. The van der Waals surface area contributed by atoms with Crippen LogP contribution in [-0.2, 0) is 4.79 Å². The molecule has 1 saturated carbocycles. The minimum atomic E-state index is -2.82. The Bertz CT molecular complexity index is 517. The molecule has 1 aromatic carbocycles. The Morgan fingerprint density at radius 3 is 2.52 bits per heavy atom. The third kappa shape index (κ3) is 2.85. The molecule has 1 N–H and O–H groups in total. The van der Waals surface area contributed by atoms with Crippen LogP contribution in [0.1, 0.15) is 37.9 Å². The first-order valence-corrected chi connectivity index (χ1v) is 7.23. The lowest BCUT2D eigenvalue weighted by Crippen LogP contribution is -2.32. The van der Waals surface area contributed by atoms with E-state index in [9.17, 15) is 13.6 Å². The first-order chi connectivity index (χ1) is 10.1. The topological polar surface area (TPSA) is 41.6 Å². The molecule has 3 rings (SSSR count). The molecule has 6 heteroatoms. The summed E-state index contributed by atoms with van der Waals surface area (Å²) < 4.78 is 28.7. The molecule has 1 amide bonds. The Morgan fingerprint density at radius 1 is 1.33 bits per heavy atom. The minimum Gasteiger partial charge on any atom is -0.435 e. The minimum absolute atomic E-state index is 0.128. The van der Waals surface area contributed by atoms with Gasteiger partial charge in [0.25, 0.3) is 0 Å². The first kappa shape index (κ1) is 14.3. The molecule has 114 valence electrons. The second-order valence-electron chi connectivity index (χ2n) is 5.45. The van der Waals surface area contributed by atoms with Crippen LogP contribution < -0.4 is 10.1 Å². The van der Waals surface area contributed by atoms with Gasteiger partial charge in [-0.15, -0.1) is 0 Å². The highest BCUT2D eigenvalue weighted by Gasteiger charge is 2.45. The SMILES string of the molecule is CCC1NC(c2ccc(OC(F)F)cc2)N(C2CC2)C1=O. The van der Waals surface area contributed by atoms with Crippen LogP contribution in [0.15, 0.2) is 24.3 Å². The van der Waals surface area contributed by atoms with Crippen LogP contribution in [0.2, 0.25) is 0 Å². The molecule has 0 radical (unpaired) electrons. The number of rotatable bonds is 5. The number of alkyl halides is 2. The number of ether oxygens (including phenoxy) is 1. The summed E-state index contributed by atoms with van der Waals surface area (Å²) in [6.07, 6.45) is 2.64. The van der Waals surface area contributed by atoms with E-state index in [0.29, 0.717) is 6.04 Å². The van der Waals surface area contributed by atoms with Gasteiger partial charge in [-0.2, -0.15) is 8.78 Å². The summed E-state index contributed by atoms with van der Waals surface area (Å²) in [5.41, 5.74) is 0.896. The zero-order chi connectivity index (χ0) is 15.0. The average molecular weight is 296 g/mol. The lowest BCUT2D eigenvalue weighted by molar-refractivity contribution is -0.130. The highest BCUT2D eigenvalue weighted by molar-refractivity contribution is 5.85. The van der Waals surface area contributed by atoms with Crippen molar-refractivity contribution in [2.24, 2.45) is 0 Å². The van der Waals surface area contributed by atoms with E-state index >= 15 is 0 Å². The quantitative estimate of drug-likeness (QED) is 0.908. The van der Waals surface area contributed by atoms with Crippen molar-refractivity contribution in [3.63, 3.8) is 0 Å². The molecule has 0 aromatic heterocycles. The average Bonchev–Trinajstić information content (AvgIpc) is 3.23. The van der Waals surface area contributed by atoms with E-state index in [1.807, 2.05) is 11.8 Å². The monoisotopic (exact) mass is 296 g/mol. The number of nitrogens with one attached hydrogen (secondary N) is 1. The number of carbonyl (C=O) groups excluding carboxylic acids is 1. The molecule has 0 spiro atoms. The van der Waals surface area contributed by atoms with E-state index < -0.39 is 6.61 Å². The van der Waals surface area contributed by atoms with Crippen molar-refractivity contribution < 1.29 is 18.3 Å². The standard InChI is InChI=1S/C15H18F2N2O2/c1-2-12-14(20)19(10-5-6-10)13(18-12)9-3-7-11(8-4-9)21-15(16)17/h3-4,7-8,10,12-13,15,18H,2,5-6H2,1H3. The van der Waals surface area contributed by atoms with Crippen LogP contribution in [0.5, 0.6) is 5.75 Å². The summed E-state index contributed by atoms with van der Waals surface area (Å²) >= 11 is 0. The van der Waals surface area contributed by atoms with Crippen molar-refractivity contribution in [2.45, 2.75) is 51.0 Å². The Hall–Kier alpha value is -1.69. The van der Waals surface area contributed by atoms with Gasteiger partial charge in [0.2, 0.25) is 5.91 Å². The Kier molecular flexibility index (Phi) is 3.80. The van der Waals surface area contributed by atoms with Crippen molar-refractivity contribution in [3.05, 3.63) is 29.8 Å². The lowest BCUT2D eigenvalue weighted by Gasteiger charge is -2.24. The van der Waals surface area contributed by atoms with Gasteiger partial charge in [0.15, 0.2) is 0 Å². The zero-order valence-electron chi connectivity index (χ0n) is 11.8. The Morgan fingerprint density at radius 2 is 2.00 bits per heavy atom. The van der Waals surface area contributed by atoms with E-state index in [-0.39, 0.29) is 23.9 Å². The highest BCUT2D eigenvalue weighted by Crippen LogP contribution is 2.38. The van der Waals surface area contributed by atoms with Crippen LogP contribution in [0.25, 0.3) is 0 Å². The summed E-state index contributed by atoms with van der Waals surface area (Å²) in [6, 6.07) is 6.64. The fraction of sp³-hybridized carbons (Fsp3) is 0.533. The molecule has 1 heterocycles. The van der Waals surface area contributed by atoms with Crippen molar-refractivity contribution in [3.8, 4) is 5.75 Å². The molecule has 1 saturated heterocycles. The number of amides is 1. The summed E-state index contributed by atoms with van der Waals surface area (Å²) in [4.78, 5) is 14.3. The van der Waals surface area contributed by atoms with Gasteiger partial charge in [0.05, 0.1) is 6.04 Å². The van der Waals surface area contributed by atoms with Crippen molar-refractivity contribution in [1.82, 2.24) is 10.2 Å². The van der Waals surface area contributed by atoms with Gasteiger partial charge in [0, 0.05) is 6.04 Å². The molecule has 0 bridgehead atoms. The highest BCUT2D eigenvalue weighted by atomic mass is 19.3. The molecular weight excluding hydrogens is 278 g/mol. The third-order valence-electron chi connectivity index (χ3n) is 3.96. The maximum atomic E-state index is 12.4. The third-order valence-corrected chi connectivity index (χ3v) is 3.96. The molecule has 1 aromatic rings. The predicted molar refractivity (Wildman–Crippen MR) is 72.9 cm³/mol. The number of hydrogen-bond acceptors (Lipinski definition) is 3. The number of nitrogens with zero attached hydrogens (tertiary/aromatic N) is 1. The van der Waals surface area contributed by atoms with Gasteiger partial charge >= 0.3 is 6.61 Å². The first-order valence-electron chi connectivity index (χ1n) is 7.23. The van der Waals surface area contributed by atoms with E-state index in [4.69, 9.17) is 0 Å². The normalized spacial score (nSPS) is 25.7. The fourth-order valence-corrected chi connectivity index (χ4v) is 2.77. The van der Waals surface area contributed by atoms with Crippen molar-refractivity contribution in [2.75, 3.05) is 0 Å². The summed E-state index contributed by atoms with van der Waals surface area (Å²) in [6.45, 7) is -0.850. The molecular formula is C15H18F2N2O2. The molecule has 2 fully saturated rings. The Labute approximate surface area is 122 Å². The molecule has 1 aliphatic carbocycles. The van der Waals surface area contributed by atoms with E-state index in [2.05, 4.69) is 10.1 Å². The van der Waals surface area contributed by atoms with Crippen LogP contribution in [0.3, 0.4) is 0 Å². The van der Waals surface area contributed by atoms with Gasteiger partial charge in [-0.05, 0) is 37.0 Å². The zero-order valence-corrected chi connectivity index (χ0v) is 11.8. The second-order valence-corrected chi connectivity index (χ2v) is 5.45. The van der Waals surface area contributed by atoms with Crippen LogP contribution in [-0.4, -0.2) is 29.5 Å². The maximum Gasteiger partial charge on any atom is 0.387 e. The number of carbonyl (C=O) groups is 1. The van der Waals surface area contributed by atoms with E-state index in [1.54, 1.807) is 12.1 Å². The van der Waals surface area contributed by atoms with Gasteiger partial charge in [0.1, 0.15) is 11.9 Å². The molecule has 2 unspecified atom stereocenters. The van der Waals surface area contributed by atoms with Gasteiger partial charge in [-0.1, -0.05) is 19.1 Å². The van der Waals surface area contributed by atoms with Crippen molar-refractivity contribution >= 4 is 5.91 Å². The Balaban J connectivity index is 1.79. The number of halogens is 2. The van der Waals surface area contributed by atoms with Gasteiger partial charge in [-0.25, -0.2) is 0 Å². The van der Waals surface area contributed by atoms with Gasteiger partial charge < -0.3 is 9.64 Å². The maximum absolute atomic E-state index is 12.4. The van der Waals surface area contributed by atoms with E-state index in [0.717, 1.165) is 24.8 Å². The fourth-order valence-electron chi connectivity index (χ4n) is 2.77. The molecule has 2 atom stereocenters. The van der Waals surface area contributed by atoms with Crippen LogP contribution in [0, 0.1) is 0 Å². The summed E-state index contributed by atoms with van der Waals surface area (Å²) in [7, 11) is 0. The summed E-state index contributed by atoms with van der Waals surface area (Å²) in [5, 5.41) is 3.33. The summed E-state index contributed by atoms with van der Waals surface area (Å²) in [5.74, 6) is 0.265. The largest absolute Gasteiger partial charge is 0.435 e. The number of benzene rings is 1. The van der Waals surface area contributed by atoms with Gasteiger partial charge in [-0.3, -0.25) is 10.1 Å². The lowest BCUT2D eigenvalue weighted by atomic mass is 10.1. The van der Waals surface area contributed by atoms with Crippen molar-refractivity contribution in [1.29, 1.82) is 0 Å².